The first-order valence-corrected chi connectivity index (χ1v) is 9.07. The monoisotopic (exact) mass is 355 g/mol. The first-order chi connectivity index (χ1) is 11.9. The number of hydrogen-bond acceptors (Lipinski definition) is 4. The number of amides is 3. The lowest BCUT2D eigenvalue weighted by atomic mass is 10.0. The maximum atomic E-state index is 12.3. The van der Waals surface area contributed by atoms with Crippen molar-refractivity contribution in [3.63, 3.8) is 0 Å². The highest BCUT2D eigenvalue weighted by Gasteiger charge is 2.25. The number of nitrogens with one attached hydrogen (secondary N) is 3. The largest absolute Gasteiger partial charge is 0.356 e. The van der Waals surface area contributed by atoms with Crippen molar-refractivity contribution in [2.75, 3.05) is 13.1 Å². The van der Waals surface area contributed by atoms with E-state index in [9.17, 15) is 14.4 Å². The number of hydrogen-bond donors (Lipinski definition) is 3. The van der Waals surface area contributed by atoms with Crippen LogP contribution in [0, 0.1) is 11.8 Å². The van der Waals surface area contributed by atoms with Gasteiger partial charge >= 0.3 is 0 Å². The summed E-state index contributed by atoms with van der Waals surface area (Å²) in [4.78, 5) is 43.7. The minimum Gasteiger partial charge on any atom is -0.356 e. The molecule has 0 aromatic rings. The lowest BCUT2D eigenvalue weighted by Gasteiger charge is -2.20. The maximum absolute atomic E-state index is 12.3. The second-order valence-electron chi connectivity index (χ2n) is 6.71. The molecular formula is C18H33N3O4. The molecule has 144 valence electrons. The Balaban J connectivity index is 0.00000277. The predicted octanol–water partition coefficient (Wildman–Crippen LogP) is 1.17. The molecule has 3 amide bonds. The summed E-state index contributed by atoms with van der Waals surface area (Å²) in [6.07, 6.45) is 4.35. The summed E-state index contributed by atoms with van der Waals surface area (Å²) >= 11 is 0. The van der Waals surface area contributed by atoms with Gasteiger partial charge in [-0.3, -0.25) is 14.4 Å². The molecule has 0 aromatic carbocycles. The molecule has 0 radical (unpaired) electrons. The van der Waals surface area contributed by atoms with Gasteiger partial charge in [0.25, 0.3) is 0 Å². The van der Waals surface area contributed by atoms with Gasteiger partial charge in [0.05, 0.1) is 0 Å². The van der Waals surface area contributed by atoms with Crippen molar-refractivity contribution >= 4 is 24.5 Å². The summed E-state index contributed by atoms with van der Waals surface area (Å²) in [6, 6.07) is -0.489. The van der Waals surface area contributed by atoms with Gasteiger partial charge in [0, 0.05) is 25.4 Å². The highest BCUT2D eigenvalue weighted by molar-refractivity contribution is 5.87. The van der Waals surface area contributed by atoms with E-state index in [2.05, 4.69) is 16.0 Å². The van der Waals surface area contributed by atoms with E-state index < -0.39 is 6.04 Å². The number of carbonyl (C=O) groups is 4. The molecular weight excluding hydrogens is 322 g/mol. The van der Waals surface area contributed by atoms with Crippen molar-refractivity contribution in [2.45, 2.75) is 65.3 Å². The number of carbonyl (C=O) groups excluding carboxylic acids is 4. The molecule has 7 nitrogen and oxygen atoms in total. The van der Waals surface area contributed by atoms with Crippen LogP contribution < -0.4 is 16.0 Å². The smallest absolute Gasteiger partial charge is 0.242 e. The van der Waals surface area contributed by atoms with Gasteiger partial charge in [0.2, 0.25) is 17.7 Å². The first kappa shape index (κ1) is 23.1. The van der Waals surface area contributed by atoms with Crippen molar-refractivity contribution < 1.29 is 19.2 Å². The van der Waals surface area contributed by atoms with Gasteiger partial charge in [0.15, 0.2) is 0 Å². The summed E-state index contributed by atoms with van der Waals surface area (Å²) in [5, 5.41) is 8.50. The highest BCUT2D eigenvalue weighted by Crippen LogP contribution is 2.13. The molecule has 1 heterocycles. The zero-order valence-corrected chi connectivity index (χ0v) is 15.7. The van der Waals surface area contributed by atoms with Gasteiger partial charge in [-0.05, 0) is 31.6 Å². The Kier molecular flexibility index (Phi) is 12.4. The second kappa shape index (κ2) is 13.4. The SMILES string of the molecule is C=O.CCCCC(=O)NC(CC(C)C)C(=O)NCCC1CCNC1=O. The van der Waals surface area contributed by atoms with Crippen LogP contribution in [-0.4, -0.2) is 43.6 Å². The van der Waals surface area contributed by atoms with E-state index in [0.29, 0.717) is 31.7 Å². The van der Waals surface area contributed by atoms with E-state index in [4.69, 9.17) is 4.79 Å². The fraction of sp³-hybridized carbons (Fsp3) is 0.778. The predicted molar refractivity (Wildman–Crippen MR) is 96.8 cm³/mol. The van der Waals surface area contributed by atoms with Crippen molar-refractivity contribution in [2.24, 2.45) is 11.8 Å². The fourth-order valence-corrected chi connectivity index (χ4v) is 2.72. The van der Waals surface area contributed by atoms with Crippen LogP contribution in [0.2, 0.25) is 0 Å². The molecule has 7 heteroatoms. The van der Waals surface area contributed by atoms with Crippen LogP contribution in [0.25, 0.3) is 0 Å². The van der Waals surface area contributed by atoms with Crippen molar-refractivity contribution in [3.8, 4) is 0 Å². The third kappa shape index (κ3) is 9.84. The van der Waals surface area contributed by atoms with Gasteiger partial charge in [-0.25, -0.2) is 0 Å². The Labute approximate surface area is 150 Å². The Morgan fingerprint density at radius 3 is 2.52 bits per heavy atom. The van der Waals surface area contributed by atoms with Gasteiger partial charge in [0.1, 0.15) is 12.8 Å². The Morgan fingerprint density at radius 2 is 2.00 bits per heavy atom. The van der Waals surface area contributed by atoms with Gasteiger partial charge in [-0.15, -0.1) is 0 Å². The van der Waals surface area contributed by atoms with Crippen LogP contribution in [-0.2, 0) is 19.2 Å². The summed E-state index contributed by atoms with van der Waals surface area (Å²) in [7, 11) is 0. The minimum atomic E-state index is -0.489. The average molecular weight is 355 g/mol. The fourth-order valence-electron chi connectivity index (χ4n) is 2.72. The van der Waals surface area contributed by atoms with Crippen LogP contribution >= 0.6 is 0 Å². The molecule has 0 saturated carbocycles. The summed E-state index contributed by atoms with van der Waals surface area (Å²) in [6.45, 7) is 9.28. The standard InChI is InChI=1S/C17H31N3O3.CH2O/c1-4-5-6-15(21)20-14(11-12(2)3)17(23)19-10-8-13-7-9-18-16(13)22;1-2/h12-14H,4-11H2,1-3H3,(H,18,22)(H,19,23)(H,20,21);1H2. The summed E-state index contributed by atoms with van der Waals surface area (Å²) < 4.78 is 0. The normalized spacial score (nSPS) is 17.3. The van der Waals surface area contributed by atoms with E-state index in [-0.39, 0.29) is 23.6 Å². The van der Waals surface area contributed by atoms with Crippen LogP contribution in [0.1, 0.15) is 59.3 Å². The third-order valence-corrected chi connectivity index (χ3v) is 4.07. The molecule has 25 heavy (non-hydrogen) atoms. The maximum Gasteiger partial charge on any atom is 0.242 e. The van der Waals surface area contributed by atoms with Crippen LogP contribution in [0.15, 0.2) is 0 Å². The molecule has 0 aromatic heterocycles. The zero-order chi connectivity index (χ0) is 19.2. The highest BCUT2D eigenvalue weighted by atomic mass is 16.2. The molecule has 0 bridgehead atoms. The van der Waals surface area contributed by atoms with Gasteiger partial charge in [-0.2, -0.15) is 0 Å². The topological polar surface area (TPSA) is 104 Å². The Hall–Kier alpha value is -1.92. The molecule has 1 fully saturated rings. The second-order valence-corrected chi connectivity index (χ2v) is 6.71. The molecule has 1 saturated heterocycles. The minimum absolute atomic E-state index is 0.00186. The van der Waals surface area contributed by atoms with Crippen molar-refractivity contribution in [1.29, 1.82) is 0 Å². The molecule has 0 spiro atoms. The van der Waals surface area contributed by atoms with Crippen LogP contribution in [0.3, 0.4) is 0 Å². The third-order valence-electron chi connectivity index (χ3n) is 4.07. The molecule has 1 aliphatic rings. The average Bonchev–Trinajstić information content (AvgIpc) is 2.99. The quantitative estimate of drug-likeness (QED) is 0.547. The molecule has 1 aliphatic heterocycles. The Bertz CT molecular complexity index is 427. The first-order valence-electron chi connectivity index (χ1n) is 9.07. The number of rotatable bonds is 10. The molecule has 1 rings (SSSR count). The molecule has 0 aliphatic carbocycles. The van der Waals surface area contributed by atoms with Gasteiger partial charge < -0.3 is 20.7 Å². The molecule has 2 unspecified atom stereocenters. The van der Waals surface area contributed by atoms with E-state index in [1.807, 2.05) is 27.6 Å². The van der Waals surface area contributed by atoms with E-state index >= 15 is 0 Å². The zero-order valence-electron chi connectivity index (χ0n) is 15.7. The molecule has 2 atom stereocenters. The lowest BCUT2D eigenvalue weighted by Crippen LogP contribution is -2.47. The van der Waals surface area contributed by atoms with E-state index in [0.717, 1.165) is 25.8 Å². The van der Waals surface area contributed by atoms with Crippen molar-refractivity contribution in [3.05, 3.63) is 0 Å². The summed E-state index contributed by atoms with van der Waals surface area (Å²) in [5.41, 5.74) is 0. The summed E-state index contributed by atoms with van der Waals surface area (Å²) in [5.74, 6) is 0.173. The lowest BCUT2D eigenvalue weighted by molar-refractivity contribution is -0.129. The van der Waals surface area contributed by atoms with Crippen LogP contribution in [0.4, 0.5) is 0 Å². The Morgan fingerprint density at radius 1 is 1.32 bits per heavy atom. The van der Waals surface area contributed by atoms with Crippen molar-refractivity contribution in [1.82, 2.24) is 16.0 Å². The van der Waals surface area contributed by atoms with Gasteiger partial charge in [-0.1, -0.05) is 27.2 Å². The van der Waals surface area contributed by atoms with E-state index in [1.165, 1.54) is 0 Å². The van der Waals surface area contributed by atoms with E-state index in [1.54, 1.807) is 0 Å². The van der Waals surface area contributed by atoms with Crippen LogP contribution in [0.5, 0.6) is 0 Å². The molecule has 3 N–H and O–H groups in total. The number of unbranched alkanes of at least 4 members (excludes halogenated alkanes) is 1.